The fourth-order valence-electron chi connectivity index (χ4n) is 3.20. The maximum Gasteiger partial charge on any atom is 0.418 e. The van der Waals surface area contributed by atoms with Crippen molar-refractivity contribution in [1.29, 1.82) is 0 Å². The molecule has 12 heteroatoms. The van der Waals surface area contributed by atoms with Crippen molar-refractivity contribution in [3.05, 3.63) is 0 Å². The van der Waals surface area contributed by atoms with E-state index in [-0.39, 0.29) is 31.5 Å². The van der Waals surface area contributed by atoms with Crippen molar-refractivity contribution in [1.82, 2.24) is 15.4 Å². The quantitative estimate of drug-likeness (QED) is 0.282. The molecule has 124 valence electrons. The molecule has 0 radical (unpaired) electrons. The van der Waals surface area contributed by atoms with Gasteiger partial charge in [-0.05, 0) is 18.3 Å². The Morgan fingerprint density at radius 2 is 2.18 bits per heavy atom. The van der Waals surface area contributed by atoms with Crippen LogP contribution in [0.1, 0.15) is 6.42 Å². The number of piperidine rings is 1. The van der Waals surface area contributed by atoms with Crippen LogP contribution in [0.4, 0.5) is 4.79 Å². The number of nitrogens with two attached hydrogens (primary N) is 1. The molecule has 3 aliphatic rings. The summed E-state index contributed by atoms with van der Waals surface area (Å²) in [4.78, 5) is 30.4. The van der Waals surface area contributed by atoms with E-state index >= 15 is 0 Å². The first kappa shape index (κ1) is 15.4. The minimum Gasteiger partial charge on any atom is -0.328 e. The number of carbonyl (C=O) groups is 2. The zero-order valence-corrected chi connectivity index (χ0v) is 12.2. The topological polar surface area (TPSA) is 151 Å². The summed E-state index contributed by atoms with van der Waals surface area (Å²) in [5.41, 5.74) is 7.48. The summed E-state index contributed by atoms with van der Waals surface area (Å²) >= 11 is 0. The first-order valence-electron chi connectivity index (χ1n) is 6.72. The lowest BCUT2D eigenvalue weighted by Crippen LogP contribution is -2.51. The van der Waals surface area contributed by atoms with Crippen molar-refractivity contribution in [3.63, 3.8) is 0 Å². The van der Waals surface area contributed by atoms with Crippen LogP contribution < -0.4 is 11.2 Å². The molecule has 22 heavy (non-hydrogen) atoms. The molecule has 3 fully saturated rings. The van der Waals surface area contributed by atoms with Crippen molar-refractivity contribution in [2.75, 3.05) is 19.7 Å². The lowest BCUT2D eigenvalue weighted by Gasteiger charge is -2.28. The highest BCUT2D eigenvalue weighted by Gasteiger charge is 2.65. The van der Waals surface area contributed by atoms with Crippen molar-refractivity contribution in [2.24, 2.45) is 17.6 Å². The third-order valence-electron chi connectivity index (χ3n) is 4.08. The maximum atomic E-state index is 12.2. The van der Waals surface area contributed by atoms with Crippen LogP contribution in [-0.4, -0.2) is 66.7 Å². The predicted molar refractivity (Wildman–Crippen MR) is 68.9 cm³/mol. The molecule has 0 aromatic carbocycles. The first-order valence-corrected chi connectivity index (χ1v) is 8.08. The summed E-state index contributed by atoms with van der Waals surface area (Å²) in [6.07, 6.45) is 0.661. The fourth-order valence-corrected chi connectivity index (χ4v) is 3.58. The van der Waals surface area contributed by atoms with Crippen molar-refractivity contribution in [2.45, 2.75) is 18.5 Å². The van der Waals surface area contributed by atoms with Gasteiger partial charge in [-0.1, -0.05) is 0 Å². The number of hydrogen-bond acceptors (Lipinski definition) is 7. The van der Waals surface area contributed by atoms with Crippen LogP contribution in [0, 0.1) is 11.8 Å². The average Bonchev–Trinajstić information content (AvgIpc) is 3.17. The first-order chi connectivity index (χ1) is 10.3. The standard InChI is InChI=1S/C10H16N4O7S/c11-1-2-20-12-9(15)8-6-3-5(6)7-4-13(8)10(16)14(7)21-22(17,18)19/h5-8H,1-4,11H2,(H,12,15)(H,17,18,19)/t5?,6?,7-,8-/m0/s1. The molecule has 2 heterocycles. The Bertz CT molecular complexity index is 596. The van der Waals surface area contributed by atoms with E-state index in [1.165, 1.54) is 4.90 Å². The molecule has 3 rings (SSSR count). The van der Waals surface area contributed by atoms with Gasteiger partial charge in [-0.25, -0.2) is 10.3 Å². The second kappa shape index (κ2) is 5.31. The Balaban J connectivity index is 1.73. The van der Waals surface area contributed by atoms with Gasteiger partial charge in [-0.15, -0.1) is 4.28 Å². The number of nitrogens with one attached hydrogen (secondary N) is 1. The van der Waals surface area contributed by atoms with E-state index in [1.54, 1.807) is 0 Å². The van der Waals surface area contributed by atoms with Gasteiger partial charge in [0.05, 0.1) is 12.6 Å². The molecule has 2 aliphatic heterocycles. The normalized spacial score (nSPS) is 32.9. The van der Waals surface area contributed by atoms with Crippen LogP contribution in [0.5, 0.6) is 0 Å². The Morgan fingerprint density at radius 3 is 2.82 bits per heavy atom. The molecule has 0 aromatic rings. The predicted octanol–water partition coefficient (Wildman–Crippen LogP) is -2.15. The van der Waals surface area contributed by atoms with E-state index in [9.17, 15) is 18.0 Å². The molecule has 1 aliphatic carbocycles. The number of hydrogen-bond donors (Lipinski definition) is 3. The van der Waals surface area contributed by atoms with E-state index < -0.39 is 34.4 Å². The van der Waals surface area contributed by atoms with Gasteiger partial charge in [0.25, 0.3) is 5.91 Å². The largest absolute Gasteiger partial charge is 0.418 e. The molecule has 4 N–H and O–H groups in total. The van der Waals surface area contributed by atoms with E-state index in [4.69, 9.17) is 15.1 Å². The summed E-state index contributed by atoms with van der Waals surface area (Å²) < 4.78 is 34.8. The van der Waals surface area contributed by atoms with Crippen molar-refractivity contribution >= 4 is 22.3 Å². The molecule has 3 amide bonds. The SMILES string of the molecule is NCCONC(=O)[C@@H]1C2CC2[C@@H]2CN1C(=O)N2OS(=O)(=O)O. The minimum atomic E-state index is -4.80. The van der Waals surface area contributed by atoms with Crippen molar-refractivity contribution < 1.29 is 31.7 Å². The number of carbonyl (C=O) groups excluding carboxylic acids is 2. The van der Waals surface area contributed by atoms with Gasteiger partial charge in [0, 0.05) is 13.1 Å². The summed E-state index contributed by atoms with van der Waals surface area (Å²) in [5, 5.41) is 0.633. The van der Waals surface area contributed by atoms with Gasteiger partial charge < -0.3 is 10.6 Å². The molecule has 0 aromatic heterocycles. The molecule has 11 nitrogen and oxygen atoms in total. The monoisotopic (exact) mass is 336 g/mol. The number of nitrogens with zero attached hydrogens (tertiary/aromatic N) is 2. The zero-order valence-electron chi connectivity index (χ0n) is 11.4. The lowest BCUT2D eigenvalue weighted by molar-refractivity contribution is -0.139. The van der Waals surface area contributed by atoms with E-state index in [0.717, 1.165) is 0 Å². The molecule has 1 saturated carbocycles. The summed E-state index contributed by atoms with van der Waals surface area (Å²) in [5.74, 6) is -0.615. The van der Waals surface area contributed by atoms with Crippen LogP contribution in [0.15, 0.2) is 0 Å². The van der Waals surface area contributed by atoms with Crippen LogP contribution in [0.25, 0.3) is 0 Å². The van der Waals surface area contributed by atoms with Gasteiger partial charge in [-0.2, -0.15) is 13.5 Å². The van der Waals surface area contributed by atoms with Gasteiger partial charge in [-0.3, -0.25) is 14.2 Å². The third kappa shape index (κ3) is 2.63. The lowest BCUT2D eigenvalue weighted by atomic mass is 10.0. The zero-order chi connectivity index (χ0) is 16.1. The Labute approximate surface area is 126 Å². The molecule has 2 saturated heterocycles. The van der Waals surface area contributed by atoms with Crippen LogP contribution in [-0.2, 0) is 24.3 Å². The summed E-state index contributed by atoms with van der Waals surface area (Å²) in [6, 6.07) is -2.01. The number of urea groups is 1. The molecule has 2 bridgehead atoms. The number of amides is 3. The smallest absolute Gasteiger partial charge is 0.328 e. The van der Waals surface area contributed by atoms with E-state index in [1.807, 2.05) is 0 Å². The summed E-state index contributed by atoms with van der Waals surface area (Å²) in [7, 11) is -4.80. The van der Waals surface area contributed by atoms with Gasteiger partial charge in [0.15, 0.2) is 0 Å². The number of hydroxylamine groups is 3. The maximum absolute atomic E-state index is 12.2. The van der Waals surface area contributed by atoms with E-state index in [0.29, 0.717) is 11.5 Å². The number of fused-ring (bicyclic) bond motifs is 4. The molecular weight excluding hydrogens is 320 g/mol. The Kier molecular flexibility index (Phi) is 3.72. The molecule has 0 spiro atoms. The van der Waals surface area contributed by atoms with Gasteiger partial charge >= 0.3 is 16.4 Å². The molecular formula is C10H16N4O7S. The number of rotatable bonds is 6. The Hall–Kier alpha value is -1.47. The average molecular weight is 336 g/mol. The highest BCUT2D eigenvalue weighted by Crippen LogP contribution is 2.53. The fraction of sp³-hybridized carbons (Fsp3) is 0.800. The molecule has 2 unspecified atom stereocenters. The van der Waals surface area contributed by atoms with Gasteiger partial charge in [0.2, 0.25) is 0 Å². The summed E-state index contributed by atoms with van der Waals surface area (Å²) in [6.45, 7) is 0.531. The third-order valence-corrected chi connectivity index (χ3v) is 4.43. The Morgan fingerprint density at radius 1 is 1.45 bits per heavy atom. The second-order valence-corrected chi connectivity index (χ2v) is 6.45. The van der Waals surface area contributed by atoms with Crippen LogP contribution >= 0.6 is 0 Å². The van der Waals surface area contributed by atoms with Crippen molar-refractivity contribution in [3.8, 4) is 0 Å². The van der Waals surface area contributed by atoms with E-state index in [2.05, 4.69) is 9.76 Å². The second-order valence-electron chi connectivity index (χ2n) is 5.44. The molecule has 4 atom stereocenters. The highest BCUT2D eigenvalue weighted by molar-refractivity contribution is 7.80. The van der Waals surface area contributed by atoms with Gasteiger partial charge in [0.1, 0.15) is 6.04 Å². The minimum absolute atomic E-state index is 0.0466. The van der Waals surface area contributed by atoms with Crippen LogP contribution in [0.2, 0.25) is 0 Å². The highest BCUT2D eigenvalue weighted by atomic mass is 32.3. The van der Waals surface area contributed by atoms with Crippen LogP contribution in [0.3, 0.4) is 0 Å².